The third-order valence-electron chi connectivity index (χ3n) is 8.99. The first-order valence-electron chi connectivity index (χ1n) is 14.0. The molecule has 0 aromatic rings. The van der Waals surface area contributed by atoms with Crippen LogP contribution in [0.3, 0.4) is 0 Å². The number of aliphatic hydroxyl groups excluding tert-OH is 2. The molecule has 3 fully saturated rings. The Balaban J connectivity index is 2.01. The van der Waals surface area contributed by atoms with Gasteiger partial charge in [0.05, 0.1) is 12.5 Å². The first-order chi connectivity index (χ1) is 19.5. The van der Waals surface area contributed by atoms with Crippen molar-refractivity contribution in [2.45, 2.75) is 95.8 Å². The van der Waals surface area contributed by atoms with Crippen LogP contribution in [-0.2, 0) is 42.9 Å². The van der Waals surface area contributed by atoms with Gasteiger partial charge in [-0.05, 0) is 30.6 Å². The smallest absolute Gasteiger partial charge is 0.312 e. The van der Waals surface area contributed by atoms with Gasteiger partial charge in [-0.2, -0.15) is 0 Å². The number of hydrogen-bond acceptors (Lipinski definition) is 12. The number of hydrogen-bond donors (Lipinski definition) is 3. The number of halogens is 1. The third-order valence-corrected chi connectivity index (χ3v) is 9.29. The lowest BCUT2D eigenvalue weighted by molar-refractivity contribution is -0.273. The van der Waals surface area contributed by atoms with E-state index >= 15 is 0 Å². The zero-order valence-corrected chi connectivity index (χ0v) is 25.2. The normalized spacial score (nSPS) is 44.6. The Hall–Kier alpha value is -2.51. The second kappa shape index (κ2) is 11.5. The number of epoxide rings is 1. The fraction of sp³-hybridized carbons (Fsp3) is 0.724. The number of allylic oxidation sites excluding steroid dienone is 2. The van der Waals surface area contributed by atoms with E-state index in [1.54, 1.807) is 13.8 Å². The lowest BCUT2D eigenvalue weighted by Gasteiger charge is -2.58. The maximum Gasteiger partial charge on any atom is 0.312 e. The monoisotopic (exact) mass is 614 g/mol. The second-order valence-corrected chi connectivity index (χ2v) is 12.6. The molecule has 2 heterocycles. The van der Waals surface area contributed by atoms with Crippen LogP contribution in [0.2, 0.25) is 0 Å². The molecule has 0 aromatic carbocycles. The van der Waals surface area contributed by atoms with Crippen molar-refractivity contribution in [3.05, 3.63) is 23.8 Å². The predicted molar refractivity (Wildman–Crippen MR) is 145 cm³/mol. The molecule has 0 aromatic heterocycles. The fourth-order valence-corrected chi connectivity index (χ4v) is 6.94. The molecule has 1 spiro atoms. The highest BCUT2D eigenvalue weighted by atomic mass is 35.5. The van der Waals surface area contributed by atoms with Crippen LogP contribution < -0.4 is 0 Å². The summed E-state index contributed by atoms with van der Waals surface area (Å²) < 4.78 is 28.6. The van der Waals surface area contributed by atoms with E-state index in [0.717, 1.165) is 13.8 Å². The summed E-state index contributed by atoms with van der Waals surface area (Å²) in [6.07, 6.45) is -4.93. The molecular weight excluding hydrogens is 576 g/mol. The van der Waals surface area contributed by atoms with Crippen LogP contribution in [0.5, 0.6) is 0 Å². The molecule has 2 aliphatic carbocycles. The Kier molecular flexibility index (Phi) is 8.90. The van der Waals surface area contributed by atoms with Gasteiger partial charge < -0.3 is 39.0 Å². The van der Waals surface area contributed by atoms with E-state index in [1.807, 2.05) is 0 Å². The Morgan fingerprint density at radius 2 is 1.74 bits per heavy atom. The quantitative estimate of drug-likeness (QED) is 0.167. The van der Waals surface area contributed by atoms with Crippen LogP contribution in [-0.4, -0.2) is 99.5 Å². The molecule has 1 saturated carbocycles. The predicted octanol–water partition coefficient (Wildman–Crippen LogP) is 0.962. The van der Waals surface area contributed by atoms with E-state index < -0.39 is 89.0 Å². The maximum absolute atomic E-state index is 12.9. The van der Waals surface area contributed by atoms with Crippen LogP contribution >= 0.6 is 11.6 Å². The third kappa shape index (κ3) is 5.25. The van der Waals surface area contributed by atoms with E-state index in [-0.39, 0.29) is 24.8 Å². The summed E-state index contributed by atoms with van der Waals surface area (Å²) >= 11 is 6.19. The zero-order chi connectivity index (χ0) is 31.4. The number of esters is 4. The summed E-state index contributed by atoms with van der Waals surface area (Å²) in [7, 11) is 0. The van der Waals surface area contributed by atoms with Gasteiger partial charge in [-0.25, -0.2) is 0 Å². The Morgan fingerprint density at radius 3 is 2.26 bits per heavy atom. The Morgan fingerprint density at radius 1 is 1.12 bits per heavy atom. The van der Waals surface area contributed by atoms with Crippen molar-refractivity contribution in [2.24, 2.45) is 23.2 Å². The molecule has 0 amide bonds. The van der Waals surface area contributed by atoms with Gasteiger partial charge in [-0.3, -0.25) is 19.2 Å². The zero-order valence-electron chi connectivity index (χ0n) is 24.4. The highest BCUT2D eigenvalue weighted by Crippen LogP contribution is 2.61. The van der Waals surface area contributed by atoms with Crippen LogP contribution in [0.15, 0.2) is 23.8 Å². The molecule has 2 saturated heterocycles. The first-order valence-corrected chi connectivity index (χ1v) is 14.5. The van der Waals surface area contributed by atoms with Crippen molar-refractivity contribution >= 4 is 35.5 Å². The number of fused-ring (bicyclic) bond motifs is 3. The van der Waals surface area contributed by atoms with Gasteiger partial charge in [0.15, 0.2) is 17.8 Å². The Labute approximate surface area is 248 Å². The van der Waals surface area contributed by atoms with E-state index in [1.165, 1.54) is 32.1 Å². The van der Waals surface area contributed by atoms with E-state index in [2.05, 4.69) is 0 Å². The van der Waals surface area contributed by atoms with Crippen LogP contribution in [0.25, 0.3) is 0 Å². The summed E-state index contributed by atoms with van der Waals surface area (Å²) in [6.45, 7) is 8.62. The van der Waals surface area contributed by atoms with Crippen molar-refractivity contribution in [3.63, 3.8) is 0 Å². The molecule has 0 radical (unpaired) electrons. The number of alkyl halides is 1. The summed E-state index contributed by atoms with van der Waals surface area (Å²) in [5, 5.41) is 36.1. The highest BCUT2D eigenvalue weighted by molar-refractivity contribution is 6.19. The van der Waals surface area contributed by atoms with Crippen molar-refractivity contribution in [2.75, 3.05) is 12.5 Å². The topological polar surface area (TPSA) is 178 Å². The minimum absolute atomic E-state index is 0.00440. The minimum Gasteiger partial charge on any atom is -0.459 e. The molecule has 11 atom stereocenters. The van der Waals surface area contributed by atoms with Crippen molar-refractivity contribution in [1.82, 2.24) is 0 Å². The average Bonchev–Trinajstić information content (AvgIpc) is 3.65. The molecule has 4 rings (SSSR count). The van der Waals surface area contributed by atoms with Crippen LogP contribution in [0.1, 0.15) is 48.0 Å². The molecule has 3 N–H and O–H groups in total. The molecule has 0 unspecified atom stereocenters. The highest BCUT2D eigenvalue weighted by Gasteiger charge is 2.79. The average molecular weight is 615 g/mol. The summed E-state index contributed by atoms with van der Waals surface area (Å²) in [5.74, 6) is -5.82. The summed E-state index contributed by atoms with van der Waals surface area (Å²) in [4.78, 5) is 50.8. The molecule has 13 heteroatoms. The van der Waals surface area contributed by atoms with Crippen molar-refractivity contribution < 1.29 is 58.2 Å². The second-order valence-electron chi connectivity index (χ2n) is 12.3. The maximum atomic E-state index is 12.9. The molecule has 234 valence electrons. The molecule has 0 bridgehead atoms. The number of aliphatic hydroxyl groups is 3. The van der Waals surface area contributed by atoms with Crippen molar-refractivity contribution in [3.8, 4) is 0 Å². The standard InChI is InChI=1S/C29H39ClO12/c1-13(2)9-20(33)42-21-23(34)27(6)18(39-15(4)31)8-7-17(11-30)10-19-29(37,14(3)26(36)41-19)25(40-16(5)32)22(27)28(12-38-28)24(21)35/h7-8,10,13-14,18-19,21-25,34-35,37H,9,11-12H2,1-6H3/b8-7-,17-10+/t14-,18-,19-,21+,22+,23-,24+,25-,27+,28-,29-/m0/s1. The minimum atomic E-state index is -2.25. The number of carbonyl (C=O) groups excluding carboxylic acids is 4. The fourth-order valence-electron chi connectivity index (χ4n) is 6.77. The van der Waals surface area contributed by atoms with Gasteiger partial charge in [-0.1, -0.05) is 26.8 Å². The first kappa shape index (κ1) is 32.4. The largest absolute Gasteiger partial charge is 0.459 e. The van der Waals surface area contributed by atoms with Gasteiger partial charge >= 0.3 is 23.9 Å². The summed E-state index contributed by atoms with van der Waals surface area (Å²) in [5.41, 5.74) is -5.31. The Bertz CT molecular complexity index is 1180. The van der Waals surface area contributed by atoms with Crippen LogP contribution in [0.4, 0.5) is 0 Å². The molecule has 12 nitrogen and oxygen atoms in total. The van der Waals surface area contributed by atoms with E-state index in [0.29, 0.717) is 5.57 Å². The summed E-state index contributed by atoms with van der Waals surface area (Å²) in [6, 6.07) is 0. The number of rotatable bonds is 6. The van der Waals surface area contributed by atoms with E-state index in [4.69, 9.17) is 35.3 Å². The molecule has 4 aliphatic rings. The van der Waals surface area contributed by atoms with E-state index in [9.17, 15) is 34.5 Å². The lowest BCUT2D eigenvalue weighted by atomic mass is 9.51. The molecular formula is C29H39ClO12. The SMILES string of the molecule is CC(=O)O[C@H]1/C=C\C(CCl)=C/[C@@H]2OC(=O)[C@H](C)[C@@]2(O)[C@@H](OC(C)=O)[C@H]2[C@@]3(CO3)[C@H](O)[C@H](OC(=O)CC(C)C)[C@H](O)[C@]12C. The van der Waals surface area contributed by atoms with Gasteiger partial charge in [0.2, 0.25) is 0 Å². The van der Waals surface area contributed by atoms with Gasteiger partial charge in [0.1, 0.15) is 30.0 Å². The molecule has 42 heavy (non-hydrogen) atoms. The number of ether oxygens (including phenoxy) is 5. The van der Waals surface area contributed by atoms with Gasteiger partial charge in [0.25, 0.3) is 0 Å². The lowest BCUT2D eigenvalue weighted by Crippen LogP contribution is -2.75. The van der Waals surface area contributed by atoms with Gasteiger partial charge in [-0.15, -0.1) is 11.6 Å². The number of carbonyl (C=O) groups is 4. The molecule has 2 aliphatic heterocycles. The van der Waals surface area contributed by atoms with Crippen LogP contribution in [0, 0.1) is 23.2 Å². The van der Waals surface area contributed by atoms with Gasteiger partial charge in [0, 0.05) is 37.5 Å². The van der Waals surface area contributed by atoms with Crippen molar-refractivity contribution in [1.29, 1.82) is 0 Å².